The number of benzene rings is 1. The number of nitrogens with zero attached hydrogens (tertiary/aromatic N) is 1. The van der Waals surface area contributed by atoms with E-state index in [2.05, 4.69) is 18.9 Å². The Morgan fingerprint density at radius 3 is 2.31 bits per heavy atom. The highest BCUT2D eigenvalue weighted by Gasteiger charge is 2.02. The molecule has 0 saturated heterocycles. The molecule has 88 valence electrons. The van der Waals surface area contributed by atoms with Crippen LogP contribution in [0.5, 0.6) is 0 Å². The number of hydrogen-bond acceptors (Lipinski definition) is 2. The van der Waals surface area contributed by atoms with Gasteiger partial charge in [0.25, 0.3) is 0 Å². The molecule has 3 heteroatoms. The minimum absolute atomic E-state index is 0.102. The largest absolute Gasteiger partial charge is 0.481 e. The van der Waals surface area contributed by atoms with Crippen LogP contribution in [0, 0.1) is 0 Å². The van der Waals surface area contributed by atoms with Crippen molar-refractivity contribution in [2.75, 3.05) is 13.6 Å². The van der Waals surface area contributed by atoms with E-state index in [1.54, 1.807) is 0 Å². The van der Waals surface area contributed by atoms with Gasteiger partial charge >= 0.3 is 5.97 Å². The molecule has 0 heterocycles. The minimum Gasteiger partial charge on any atom is -0.481 e. The monoisotopic (exact) mass is 221 g/mol. The molecule has 0 aliphatic carbocycles. The molecule has 0 atom stereocenters. The molecule has 0 spiro atoms. The summed E-state index contributed by atoms with van der Waals surface area (Å²) < 4.78 is 0. The van der Waals surface area contributed by atoms with Crippen LogP contribution < -0.4 is 0 Å². The Morgan fingerprint density at radius 2 is 1.81 bits per heavy atom. The zero-order valence-electron chi connectivity index (χ0n) is 9.94. The maximum Gasteiger partial charge on any atom is 0.307 e. The van der Waals surface area contributed by atoms with Crippen molar-refractivity contribution in [2.45, 2.75) is 26.3 Å². The molecule has 1 rings (SSSR count). The maximum atomic E-state index is 10.5. The zero-order chi connectivity index (χ0) is 12.0. The quantitative estimate of drug-likeness (QED) is 0.800. The summed E-state index contributed by atoms with van der Waals surface area (Å²) in [6.45, 7) is 4.16. The van der Waals surface area contributed by atoms with Crippen molar-refractivity contribution in [1.82, 2.24) is 4.90 Å². The van der Waals surface area contributed by atoms with Crippen molar-refractivity contribution in [1.29, 1.82) is 0 Å². The first-order chi connectivity index (χ1) is 7.61. The highest BCUT2D eigenvalue weighted by molar-refractivity contribution is 5.70. The Morgan fingerprint density at radius 1 is 1.25 bits per heavy atom. The fraction of sp³-hybridized carbons (Fsp3) is 0.462. The second-order valence-electron chi connectivity index (χ2n) is 4.12. The van der Waals surface area contributed by atoms with Crippen LogP contribution in [0.3, 0.4) is 0 Å². The standard InChI is InChI=1S/C13H19NO2/c1-3-8-14(2)10-12-6-4-11(5-7-12)9-13(15)16/h4-7H,3,8-10H2,1-2H3,(H,15,16). The van der Waals surface area contributed by atoms with Crippen molar-refractivity contribution in [3.05, 3.63) is 35.4 Å². The molecule has 1 aromatic carbocycles. The number of aliphatic carboxylic acids is 1. The molecule has 0 radical (unpaired) electrons. The van der Waals surface area contributed by atoms with Gasteiger partial charge in [-0.1, -0.05) is 31.2 Å². The average molecular weight is 221 g/mol. The molecule has 0 fully saturated rings. The van der Waals surface area contributed by atoms with Gasteiger partial charge in [0.2, 0.25) is 0 Å². The Balaban J connectivity index is 2.54. The first-order valence-electron chi connectivity index (χ1n) is 5.60. The van der Waals surface area contributed by atoms with Gasteiger partial charge in [-0.25, -0.2) is 0 Å². The predicted molar refractivity (Wildman–Crippen MR) is 64.4 cm³/mol. The Labute approximate surface area is 96.7 Å². The normalized spacial score (nSPS) is 10.7. The summed E-state index contributed by atoms with van der Waals surface area (Å²) in [4.78, 5) is 12.8. The van der Waals surface area contributed by atoms with Crippen molar-refractivity contribution >= 4 is 5.97 Å². The third-order valence-electron chi connectivity index (χ3n) is 2.44. The first-order valence-corrected chi connectivity index (χ1v) is 5.60. The average Bonchev–Trinajstić information content (AvgIpc) is 2.20. The fourth-order valence-electron chi connectivity index (χ4n) is 1.71. The molecule has 3 nitrogen and oxygen atoms in total. The van der Waals surface area contributed by atoms with Crippen molar-refractivity contribution in [2.24, 2.45) is 0 Å². The molecular weight excluding hydrogens is 202 g/mol. The Bertz CT molecular complexity index is 332. The number of carbonyl (C=O) groups is 1. The Kier molecular flexibility index (Phi) is 4.99. The summed E-state index contributed by atoms with van der Waals surface area (Å²) in [5.74, 6) is -0.782. The van der Waals surface area contributed by atoms with E-state index in [0.717, 1.165) is 25.1 Å². The summed E-state index contributed by atoms with van der Waals surface area (Å²) in [5, 5.41) is 8.64. The number of carboxylic acids is 1. The van der Waals surface area contributed by atoms with E-state index in [9.17, 15) is 4.79 Å². The molecule has 0 aromatic heterocycles. The SMILES string of the molecule is CCCN(C)Cc1ccc(CC(=O)O)cc1. The Hall–Kier alpha value is -1.35. The highest BCUT2D eigenvalue weighted by atomic mass is 16.4. The topological polar surface area (TPSA) is 40.5 Å². The van der Waals surface area contributed by atoms with Gasteiger partial charge in [0, 0.05) is 6.54 Å². The van der Waals surface area contributed by atoms with E-state index < -0.39 is 5.97 Å². The molecule has 0 amide bonds. The first kappa shape index (κ1) is 12.7. The van der Waals surface area contributed by atoms with Gasteiger partial charge in [-0.2, -0.15) is 0 Å². The summed E-state index contributed by atoms with van der Waals surface area (Å²) in [6, 6.07) is 7.79. The molecule has 16 heavy (non-hydrogen) atoms. The second kappa shape index (κ2) is 6.28. The summed E-state index contributed by atoms with van der Waals surface area (Å²) in [5.41, 5.74) is 2.08. The van der Waals surface area contributed by atoms with Crippen LogP contribution in [-0.4, -0.2) is 29.6 Å². The van der Waals surface area contributed by atoms with Gasteiger partial charge in [-0.3, -0.25) is 4.79 Å². The van der Waals surface area contributed by atoms with Gasteiger partial charge in [0.15, 0.2) is 0 Å². The molecule has 1 N–H and O–H groups in total. The van der Waals surface area contributed by atoms with Crippen molar-refractivity contribution in [3.63, 3.8) is 0 Å². The van der Waals surface area contributed by atoms with Crippen LogP contribution in [0.4, 0.5) is 0 Å². The highest BCUT2D eigenvalue weighted by Crippen LogP contribution is 2.07. The molecule has 0 bridgehead atoms. The second-order valence-corrected chi connectivity index (χ2v) is 4.12. The van der Waals surface area contributed by atoms with E-state index in [-0.39, 0.29) is 6.42 Å². The van der Waals surface area contributed by atoms with E-state index in [0.29, 0.717) is 0 Å². The van der Waals surface area contributed by atoms with Crippen LogP contribution in [0.2, 0.25) is 0 Å². The van der Waals surface area contributed by atoms with E-state index in [1.807, 2.05) is 24.3 Å². The third kappa shape index (κ3) is 4.45. The molecule has 0 aliphatic rings. The van der Waals surface area contributed by atoms with E-state index in [1.165, 1.54) is 5.56 Å². The number of carboxylic acid groups (broad SMARTS) is 1. The summed E-state index contributed by atoms with van der Waals surface area (Å²) >= 11 is 0. The number of rotatable bonds is 6. The van der Waals surface area contributed by atoms with E-state index in [4.69, 9.17) is 5.11 Å². The zero-order valence-corrected chi connectivity index (χ0v) is 9.94. The maximum absolute atomic E-state index is 10.5. The lowest BCUT2D eigenvalue weighted by atomic mass is 10.1. The summed E-state index contributed by atoms with van der Waals surface area (Å²) in [7, 11) is 2.09. The smallest absolute Gasteiger partial charge is 0.307 e. The molecule has 0 unspecified atom stereocenters. The predicted octanol–water partition coefficient (Wildman–Crippen LogP) is 2.16. The lowest BCUT2D eigenvalue weighted by molar-refractivity contribution is -0.136. The molecule has 0 saturated carbocycles. The van der Waals surface area contributed by atoms with Crippen LogP contribution in [0.25, 0.3) is 0 Å². The van der Waals surface area contributed by atoms with Gasteiger partial charge < -0.3 is 10.0 Å². The van der Waals surface area contributed by atoms with Gasteiger partial charge in [-0.05, 0) is 31.1 Å². The van der Waals surface area contributed by atoms with Crippen molar-refractivity contribution in [3.8, 4) is 0 Å². The molecular formula is C13H19NO2. The van der Waals surface area contributed by atoms with Crippen LogP contribution in [0.1, 0.15) is 24.5 Å². The molecule has 1 aromatic rings. The number of hydrogen-bond donors (Lipinski definition) is 1. The minimum atomic E-state index is -0.782. The van der Waals surface area contributed by atoms with Gasteiger partial charge in [0.05, 0.1) is 6.42 Å². The molecule has 0 aliphatic heterocycles. The van der Waals surface area contributed by atoms with Crippen LogP contribution in [-0.2, 0) is 17.8 Å². The lowest BCUT2D eigenvalue weighted by Gasteiger charge is -2.15. The summed E-state index contributed by atoms with van der Waals surface area (Å²) in [6.07, 6.45) is 1.25. The van der Waals surface area contributed by atoms with E-state index >= 15 is 0 Å². The van der Waals surface area contributed by atoms with Gasteiger partial charge in [-0.15, -0.1) is 0 Å². The fourth-order valence-corrected chi connectivity index (χ4v) is 1.71. The third-order valence-corrected chi connectivity index (χ3v) is 2.44. The van der Waals surface area contributed by atoms with Crippen molar-refractivity contribution < 1.29 is 9.90 Å². The van der Waals surface area contributed by atoms with Gasteiger partial charge in [0.1, 0.15) is 0 Å². The van der Waals surface area contributed by atoms with Crippen LogP contribution in [0.15, 0.2) is 24.3 Å². The lowest BCUT2D eigenvalue weighted by Crippen LogP contribution is -2.18. The van der Waals surface area contributed by atoms with Crippen LogP contribution >= 0.6 is 0 Å².